The maximum absolute atomic E-state index is 6.47. The van der Waals surface area contributed by atoms with E-state index in [4.69, 9.17) is 4.74 Å². The van der Waals surface area contributed by atoms with E-state index in [0.29, 0.717) is 6.10 Å². The van der Waals surface area contributed by atoms with Crippen LogP contribution in [0.2, 0.25) is 0 Å². The fraction of sp³-hybridized carbons (Fsp3) is 0.381. The van der Waals surface area contributed by atoms with Crippen molar-refractivity contribution in [1.82, 2.24) is 9.97 Å². The number of pyridine rings is 1. The molecular formula is C21H24N2OS. The Balaban J connectivity index is 1.81. The van der Waals surface area contributed by atoms with Gasteiger partial charge >= 0.3 is 0 Å². The van der Waals surface area contributed by atoms with Gasteiger partial charge < -0.3 is 9.72 Å². The lowest BCUT2D eigenvalue weighted by molar-refractivity contribution is 0.155. The molecule has 2 aromatic heterocycles. The topological polar surface area (TPSA) is 37.9 Å². The minimum atomic E-state index is 0.345. The van der Waals surface area contributed by atoms with Crippen LogP contribution in [0.3, 0.4) is 0 Å². The number of aromatic nitrogens is 2. The molecule has 1 saturated carbocycles. The third-order valence-electron chi connectivity index (χ3n) is 4.98. The molecule has 1 fully saturated rings. The number of rotatable bonds is 4. The van der Waals surface area contributed by atoms with Gasteiger partial charge in [-0.3, -0.25) is 0 Å². The summed E-state index contributed by atoms with van der Waals surface area (Å²) >= 11 is 1.77. The van der Waals surface area contributed by atoms with E-state index in [0.717, 1.165) is 22.5 Å². The number of aromatic amines is 1. The molecule has 1 aliphatic carbocycles. The summed E-state index contributed by atoms with van der Waals surface area (Å²) in [6, 6.07) is 10.8. The highest BCUT2D eigenvalue weighted by molar-refractivity contribution is 7.98. The summed E-state index contributed by atoms with van der Waals surface area (Å²) in [5.41, 5.74) is 4.33. The molecule has 0 aliphatic heterocycles. The van der Waals surface area contributed by atoms with Gasteiger partial charge in [0, 0.05) is 27.7 Å². The number of H-pyrrole nitrogens is 1. The van der Waals surface area contributed by atoms with Gasteiger partial charge in [-0.05, 0) is 74.8 Å². The highest BCUT2D eigenvalue weighted by Crippen LogP contribution is 2.38. The molecule has 3 aromatic rings. The Labute approximate surface area is 153 Å². The first-order valence-electron chi connectivity index (χ1n) is 9.04. The summed E-state index contributed by atoms with van der Waals surface area (Å²) in [5.74, 6) is 0.998. The van der Waals surface area contributed by atoms with Crippen molar-refractivity contribution in [2.24, 2.45) is 0 Å². The Hall–Kier alpha value is -1.94. The van der Waals surface area contributed by atoms with Gasteiger partial charge in [-0.25, -0.2) is 4.98 Å². The molecule has 0 amide bonds. The minimum Gasteiger partial charge on any atom is -0.490 e. The first kappa shape index (κ1) is 16.5. The van der Waals surface area contributed by atoms with Gasteiger partial charge in [0.25, 0.3) is 0 Å². The summed E-state index contributed by atoms with van der Waals surface area (Å²) in [6.07, 6.45) is 10.6. The van der Waals surface area contributed by atoms with E-state index in [-0.39, 0.29) is 0 Å². The number of thioether (sulfide) groups is 1. The molecule has 1 aromatic carbocycles. The van der Waals surface area contributed by atoms with Crippen molar-refractivity contribution in [3.63, 3.8) is 0 Å². The Morgan fingerprint density at radius 3 is 2.72 bits per heavy atom. The molecule has 1 N–H and O–H groups in total. The molecule has 130 valence electrons. The second-order valence-corrected chi connectivity index (χ2v) is 7.67. The van der Waals surface area contributed by atoms with Crippen molar-refractivity contribution in [2.45, 2.75) is 50.0 Å². The average molecular weight is 353 g/mol. The molecule has 0 bridgehead atoms. The first-order valence-corrected chi connectivity index (χ1v) is 10.3. The lowest BCUT2D eigenvalue weighted by atomic mass is 9.97. The zero-order valence-corrected chi connectivity index (χ0v) is 15.7. The summed E-state index contributed by atoms with van der Waals surface area (Å²) in [6.45, 7) is 2.05. The normalized spacial score (nSPS) is 15.6. The number of hydrogen-bond donors (Lipinski definition) is 1. The molecule has 3 nitrogen and oxygen atoms in total. The largest absolute Gasteiger partial charge is 0.490 e. The van der Waals surface area contributed by atoms with E-state index >= 15 is 0 Å². The molecule has 0 saturated heterocycles. The van der Waals surface area contributed by atoms with Crippen LogP contribution in [0.5, 0.6) is 5.75 Å². The second-order valence-electron chi connectivity index (χ2n) is 6.79. The molecular weight excluding hydrogens is 328 g/mol. The SMILES string of the molecule is CSc1ccc(OC2CCCCC2)c(-c2cc(C)nc3[nH]ccc23)c1. The van der Waals surface area contributed by atoms with Crippen molar-refractivity contribution < 1.29 is 4.74 Å². The summed E-state index contributed by atoms with van der Waals surface area (Å²) in [5, 5.41) is 1.15. The van der Waals surface area contributed by atoms with Gasteiger partial charge in [-0.15, -0.1) is 11.8 Å². The molecule has 0 unspecified atom stereocenters. The van der Waals surface area contributed by atoms with Crippen LogP contribution in [-0.4, -0.2) is 22.3 Å². The van der Waals surface area contributed by atoms with Crippen LogP contribution >= 0.6 is 11.8 Å². The monoisotopic (exact) mass is 352 g/mol. The highest BCUT2D eigenvalue weighted by Gasteiger charge is 2.19. The molecule has 0 spiro atoms. The van der Waals surface area contributed by atoms with Crippen molar-refractivity contribution >= 4 is 22.8 Å². The van der Waals surface area contributed by atoms with E-state index < -0.39 is 0 Å². The number of nitrogens with one attached hydrogen (secondary N) is 1. The third-order valence-corrected chi connectivity index (χ3v) is 5.70. The maximum atomic E-state index is 6.47. The Kier molecular flexibility index (Phi) is 4.71. The lowest BCUT2D eigenvalue weighted by Crippen LogP contribution is -2.19. The van der Waals surface area contributed by atoms with Crippen molar-refractivity contribution in [3.05, 3.63) is 42.2 Å². The number of fused-ring (bicyclic) bond motifs is 1. The van der Waals surface area contributed by atoms with Crippen LogP contribution < -0.4 is 4.74 Å². The number of ether oxygens (including phenoxy) is 1. The standard InChI is InChI=1S/C21H24N2OS/c1-14-12-18(17-10-11-22-21(17)23-14)19-13-16(25-2)8-9-20(19)24-15-6-4-3-5-7-15/h8-13,15H,3-7H2,1-2H3,(H,22,23). The van der Waals surface area contributed by atoms with Crippen LogP contribution in [-0.2, 0) is 0 Å². The number of nitrogens with zero attached hydrogens (tertiary/aromatic N) is 1. The molecule has 4 rings (SSSR count). The summed E-state index contributed by atoms with van der Waals surface area (Å²) in [7, 11) is 0. The Morgan fingerprint density at radius 1 is 1.08 bits per heavy atom. The van der Waals surface area contributed by atoms with Gasteiger partial charge in [0.1, 0.15) is 11.4 Å². The van der Waals surface area contributed by atoms with Crippen LogP contribution in [0.15, 0.2) is 41.4 Å². The minimum absolute atomic E-state index is 0.345. The highest BCUT2D eigenvalue weighted by atomic mass is 32.2. The molecule has 25 heavy (non-hydrogen) atoms. The summed E-state index contributed by atoms with van der Waals surface area (Å²) < 4.78 is 6.47. The van der Waals surface area contributed by atoms with Gasteiger partial charge in [-0.1, -0.05) is 6.42 Å². The molecule has 4 heteroatoms. The van der Waals surface area contributed by atoms with E-state index in [1.807, 2.05) is 13.1 Å². The fourth-order valence-corrected chi connectivity index (χ4v) is 4.14. The molecule has 0 atom stereocenters. The molecule has 0 radical (unpaired) electrons. The first-order chi connectivity index (χ1) is 12.2. The summed E-state index contributed by atoms with van der Waals surface area (Å²) in [4.78, 5) is 9.10. The smallest absolute Gasteiger partial charge is 0.138 e. The van der Waals surface area contributed by atoms with E-state index in [2.05, 4.69) is 46.6 Å². The third kappa shape index (κ3) is 3.40. The average Bonchev–Trinajstić information content (AvgIpc) is 3.10. The number of hydrogen-bond acceptors (Lipinski definition) is 3. The fourth-order valence-electron chi connectivity index (χ4n) is 3.70. The zero-order chi connectivity index (χ0) is 17.2. The maximum Gasteiger partial charge on any atom is 0.138 e. The zero-order valence-electron chi connectivity index (χ0n) is 14.8. The van der Waals surface area contributed by atoms with Crippen molar-refractivity contribution in [3.8, 4) is 16.9 Å². The predicted octanol–water partition coefficient (Wildman–Crippen LogP) is 5.97. The van der Waals surface area contributed by atoms with Crippen LogP contribution in [0.4, 0.5) is 0 Å². The van der Waals surface area contributed by atoms with Crippen molar-refractivity contribution in [2.75, 3.05) is 6.26 Å². The van der Waals surface area contributed by atoms with Gasteiger partial charge in [-0.2, -0.15) is 0 Å². The Bertz CT molecular complexity index is 881. The van der Waals surface area contributed by atoms with E-state index in [1.54, 1.807) is 11.8 Å². The lowest BCUT2D eigenvalue weighted by Gasteiger charge is -2.25. The van der Waals surface area contributed by atoms with Gasteiger partial charge in [0.15, 0.2) is 0 Å². The van der Waals surface area contributed by atoms with E-state index in [1.165, 1.54) is 48.1 Å². The van der Waals surface area contributed by atoms with Crippen LogP contribution in [0.1, 0.15) is 37.8 Å². The molecule has 1 aliphatic rings. The van der Waals surface area contributed by atoms with Crippen molar-refractivity contribution in [1.29, 1.82) is 0 Å². The van der Waals surface area contributed by atoms with Crippen LogP contribution in [0.25, 0.3) is 22.2 Å². The number of aryl methyl sites for hydroxylation is 1. The van der Waals surface area contributed by atoms with E-state index in [9.17, 15) is 0 Å². The quantitative estimate of drug-likeness (QED) is 0.588. The Morgan fingerprint density at radius 2 is 1.92 bits per heavy atom. The number of benzene rings is 1. The van der Waals surface area contributed by atoms with Crippen LogP contribution in [0, 0.1) is 6.92 Å². The predicted molar refractivity (Wildman–Crippen MR) is 106 cm³/mol. The molecule has 2 heterocycles. The van der Waals surface area contributed by atoms with Gasteiger partial charge in [0.2, 0.25) is 0 Å². The van der Waals surface area contributed by atoms with Gasteiger partial charge in [0.05, 0.1) is 6.10 Å². The second kappa shape index (κ2) is 7.12.